The van der Waals surface area contributed by atoms with E-state index in [4.69, 9.17) is 37.0 Å². The van der Waals surface area contributed by atoms with E-state index in [2.05, 4.69) is 34.6 Å². The summed E-state index contributed by atoms with van der Waals surface area (Å²) in [5.41, 5.74) is 0. The molecule has 94 heavy (non-hydrogen) atoms. The van der Waals surface area contributed by atoms with Crippen LogP contribution in [0.4, 0.5) is 0 Å². The molecule has 0 bridgehead atoms. The number of carbonyl (C=O) groups is 4. The van der Waals surface area contributed by atoms with Crippen LogP contribution < -0.4 is 0 Å². The molecule has 0 saturated carbocycles. The van der Waals surface area contributed by atoms with E-state index in [-0.39, 0.29) is 25.7 Å². The van der Waals surface area contributed by atoms with Gasteiger partial charge in [-0.25, -0.2) is 9.13 Å². The summed E-state index contributed by atoms with van der Waals surface area (Å²) in [4.78, 5) is 72.5. The fourth-order valence-corrected chi connectivity index (χ4v) is 13.1. The zero-order chi connectivity index (χ0) is 69.1. The van der Waals surface area contributed by atoms with Gasteiger partial charge in [0.1, 0.15) is 19.3 Å². The highest BCUT2D eigenvalue weighted by Gasteiger charge is 2.30. The van der Waals surface area contributed by atoms with Gasteiger partial charge < -0.3 is 33.8 Å². The van der Waals surface area contributed by atoms with Crippen LogP contribution in [0.5, 0.6) is 0 Å². The van der Waals surface area contributed by atoms with Crippen LogP contribution in [0.1, 0.15) is 394 Å². The number of unbranched alkanes of at least 4 members (excludes halogenated alkanes) is 47. The zero-order valence-corrected chi connectivity index (χ0v) is 62.9. The van der Waals surface area contributed by atoms with Crippen molar-refractivity contribution in [2.24, 2.45) is 5.92 Å². The molecule has 17 nitrogen and oxygen atoms in total. The van der Waals surface area contributed by atoms with Crippen molar-refractivity contribution < 1.29 is 80.2 Å². The fourth-order valence-electron chi connectivity index (χ4n) is 11.5. The predicted molar refractivity (Wildman–Crippen MR) is 382 cm³/mol. The molecule has 0 aliphatic rings. The summed E-state index contributed by atoms with van der Waals surface area (Å²) >= 11 is 0. The number of ether oxygens (including phenoxy) is 4. The van der Waals surface area contributed by atoms with E-state index in [0.29, 0.717) is 25.7 Å². The van der Waals surface area contributed by atoms with Gasteiger partial charge in [-0.15, -0.1) is 0 Å². The monoisotopic (exact) mass is 1380 g/mol. The topological polar surface area (TPSA) is 237 Å². The third kappa shape index (κ3) is 68.6. The summed E-state index contributed by atoms with van der Waals surface area (Å²) in [7, 11) is -9.90. The summed E-state index contributed by atoms with van der Waals surface area (Å²) in [6, 6.07) is 0. The quantitative estimate of drug-likeness (QED) is 0.0222. The van der Waals surface area contributed by atoms with E-state index in [9.17, 15) is 43.2 Å². The van der Waals surface area contributed by atoms with E-state index in [1.165, 1.54) is 205 Å². The van der Waals surface area contributed by atoms with Crippen molar-refractivity contribution in [2.75, 3.05) is 39.6 Å². The van der Waals surface area contributed by atoms with Crippen molar-refractivity contribution in [1.29, 1.82) is 0 Å². The third-order valence-corrected chi connectivity index (χ3v) is 19.4. The van der Waals surface area contributed by atoms with Crippen molar-refractivity contribution in [2.45, 2.75) is 412 Å². The lowest BCUT2D eigenvalue weighted by atomic mass is 10.0. The van der Waals surface area contributed by atoms with E-state index in [0.717, 1.165) is 109 Å². The first-order valence-corrected chi connectivity index (χ1v) is 42.1. The lowest BCUT2D eigenvalue weighted by molar-refractivity contribution is -0.161. The number of phosphoric ester groups is 2. The first-order valence-electron chi connectivity index (χ1n) is 39.1. The lowest BCUT2D eigenvalue weighted by Crippen LogP contribution is -2.30. The summed E-state index contributed by atoms with van der Waals surface area (Å²) in [6.45, 7) is 7.25. The van der Waals surface area contributed by atoms with Crippen LogP contribution in [0.25, 0.3) is 0 Å². The molecule has 0 aliphatic heterocycles. The molecule has 0 amide bonds. The van der Waals surface area contributed by atoms with Gasteiger partial charge >= 0.3 is 39.5 Å². The number of aliphatic hydroxyl groups is 1. The van der Waals surface area contributed by atoms with Gasteiger partial charge in [-0.3, -0.25) is 37.3 Å². The fraction of sp³-hybridized carbons (Fsp3) is 0.947. The van der Waals surface area contributed by atoms with Crippen LogP contribution in [-0.4, -0.2) is 96.7 Å². The normalized spacial score (nSPS) is 14.0. The Hall–Kier alpha value is -1.94. The molecule has 5 atom stereocenters. The summed E-state index contributed by atoms with van der Waals surface area (Å²) in [5.74, 6) is -1.32. The lowest BCUT2D eigenvalue weighted by Gasteiger charge is -2.21. The predicted octanol–water partition coefficient (Wildman–Crippen LogP) is 22.1. The first-order chi connectivity index (χ1) is 45.5. The van der Waals surface area contributed by atoms with Crippen molar-refractivity contribution in [3.8, 4) is 0 Å². The molecular formula is C75H146O17P2. The molecule has 558 valence electrons. The van der Waals surface area contributed by atoms with Gasteiger partial charge in [-0.2, -0.15) is 0 Å². The number of aliphatic hydroxyl groups excluding tert-OH is 1. The second kappa shape index (κ2) is 68.2. The van der Waals surface area contributed by atoms with Crippen LogP contribution in [-0.2, 0) is 65.4 Å². The highest BCUT2D eigenvalue weighted by atomic mass is 31.2. The largest absolute Gasteiger partial charge is 0.472 e. The Labute approximate surface area is 575 Å². The van der Waals surface area contributed by atoms with Crippen molar-refractivity contribution in [3.63, 3.8) is 0 Å². The maximum absolute atomic E-state index is 13.1. The minimum absolute atomic E-state index is 0.105. The van der Waals surface area contributed by atoms with E-state index >= 15 is 0 Å². The first kappa shape index (κ1) is 92.1. The SMILES string of the molecule is CCCCCCCCCCCCCCCCCCCCCCCC(=O)O[C@H](COC(=O)CCCCCCCCCCCCCCCCC(C)C)COP(=O)(O)OC[C@@H](O)COP(=O)(O)OC[C@@H](COC(=O)CCCCCCCCCC)OC(=O)CCCCCCCCCC. The molecule has 0 aromatic heterocycles. The third-order valence-electron chi connectivity index (χ3n) is 17.5. The number of hydrogen-bond acceptors (Lipinski definition) is 15. The average Bonchev–Trinajstić information content (AvgIpc) is 2.04. The number of esters is 4. The molecule has 0 radical (unpaired) electrons. The molecule has 0 fully saturated rings. The second-order valence-corrected chi connectivity index (χ2v) is 30.4. The minimum atomic E-state index is -4.95. The molecule has 0 rings (SSSR count). The Bertz CT molecular complexity index is 1810. The smallest absolute Gasteiger partial charge is 0.462 e. The molecule has 0 heterocycles. The van der Waals surface area contributed by atoms with Gasteiger partial charge in [0.05, 0.1) is 26.4 Å². The summed E-state index contributed by atoms with van der Waals surface area (Å²) < 4.78 is 68.3. The Morgan fingerprint density at radius 2 is 0.489 bits per heavy atom. The van der Waals surface area contributed by atoms with Gasteiger partial charge in [0.25, 0.3) is 0 Å². The van der Waals surface area contributed by atoms with E-state index in [1.54, 1.807) is 0 Å². The maximum Gasteiger partial charge on any atom is 0.472 e. The molecule has 19 heteroatoms. The number of hydrogen-bond donors (Lipinski definition) is 3. The maximum atomic E-state index is 13.1. The van der Waals surface area contributed by atoms with Gasteiger partial charge in [0.15, 0.2) is 12.2 Å². The highest BCUT2D eigenvalue weighted by Crippen LogP contribution is 2.45. The van der Waals surface area contributed by atoms with E-state index < -0.39 is 97.5 Å². The van der Waals surface area contributed by atoms with Gasteiger partial charge in [0.2, 0.25) is 0 Å². The van der Waals surface area contributed by atoms with Crippen LogP contribution >= 0.6 is 15.6 Å². The van der Waals surface area contributed by atoms with Crippen LogP contribution in [0.15, 0.2) is 0 Å². The average molecular weight is 1380 g/mol. The van der Waals surface area contributed by atoms with Gasteiger partial charge in [0, 0.05) is 25.7 Å². The number of rotatable bonds is 75. The summed E-state index contributed by atoms with van der Waals surface area (Å²) in [6.07, 6.45) is 57.2. The number of phosphoric acid groups is 2. The standard InChI is InChI=1S/C75H146O17P2/c1-6-9-12-15-18-21-22-23-24-25-26-27-28-29-30-35-38-41-46-51-56-61-75(80)92-71(65-86-73(78)59-54-49-45-40-37-34-32-31-33-36-39-42-47-52-57-68(4)5)67-90-94(83,84)88-63-69(76)62-87-93(81,82)89-66-70(91-74(79)60-55-50-44-20-17-14-11-8-3)64-85-72(77)58-53-48-43-19-16-13-10-7-2/h68-71,76H,6-67H2,1-5H3,(H,81,82)(H,83,84)/t69-,70+,71+/m0/s1. The Morgan fingerprint density at radius 1 is 0.287 bits per heavy atom. The summed E-state index contributed by atoms with van der Waals surface area (Å²) in [5, 5.41) is 10.6. The van der Waals surface area contributed by atoms with Crippen molar-refractivity contribution >= 4 is 39.5 Å². The van der Waals surface area contributed by atoms with Gasteiger partial charge in [-0.1, -0.05) is 343 Å². The van der Waals surface area contributed by atoms with Crippen LogP contribution in [0.2, 0.25) is 0 Å². The molecule has 0 aromatic rings. The van der Waals surface area contributed by atoms with E-state index in [1.807, 2.05) is 0 Å². The molecule has 0 saturated heterocycles. The Morgan fingerprint density at radius 3 is 0.723 bits per heavy atom. The minimum Gasteiger partial charge on any atom is -0.462 e. The van der Waals surface area contributed by atoms with Crippen LogP contribution in [0, 0.1) is 5.92 Å². The molecule has 2 unspecified atom stereocenters. The Kier molecular flexibility index (Phi) is 66.8. The highest BCUT2D eigenvalue weighted by molar-refractivity contribution is 7.47. The van der Waals surface area contributed by atoms with Crippen LogP contribution in [0.3, 0.4) is 0 Å². The molecule has 3 N–H and O–H groups in total. The molecular weight excluding hydrogens is 1230 g/mol. The number of carbonyl (C=O) groups excluding carboxylic acids is 4. The van der Waals surface area contributed by atoms with Crippen molar-refractivity contribution in [3.05, 3.63) is 0 Å². The van der Waals surface area contributed by atoms with Crippen molar-refractivity contribution in [1.82, 2.24) is 0 Å². The Balaban J connectivity index is 5.14. The molecule has 0 spiro atoms. The molecule has 0 aromatic carbocycles. The van der Waals surface area contributed by atoms with Gasteiger partial charge in [-0.05, 0) is 31.6 Å². The zero-order valence-electron chi connectivity index (χ0n) is 61.1. The second-order valence-electron chi connectivity index (χ2n) is 27.5. The molecule has 0 aliphatic carbocycles.